The predicted octanol–water partition coefficient (Wildman–Crippen LogP) is 3.67. The minimum atomic E-state index is -0.274. The number of carbonyl (C=O) groups is 2. The third kappa shape index (κ3) is 4.15. The molecule has 0 radical (unpaired) electrons. The van der Waals surface area contributed by atoms with Crippen LogP contribution in [-0.2, 0) is 9.53 Å². The van der Waals surface area contributed by atoms with Crippen molar-refractivity contribution in [3.05, 3.63) is 29.7 Å². The van der Waals surface area contributed by atoms with Gasteiger partial charge in [0.25, 0.3) is 11.1 Å². The molecule has 0 bridgehead atoms. The van der Waals surface area contributed by atoms with Crippen LogP contribution in [0.2, 0.25) is 0 Å². The zero-order chi connectivity index (χ0) is 16.3. The van der Waals surface area contributed by atoms with Gasteiger partial charge in [0.2, 0.25) is 0 Å². The molecule has 0 atom stereocenters. The largest absolute Gasteiger partial charge is 0.506 e. The molecule has 1 heterocycles. The minimum Gasteiger partial charge on any atom is -0.506 e. The van der Waals surface area contributed by atoms with Gasteiger partial charge >= 0.3 is 0 Å². The molecule has 118 valence electrons. The summed E-state index contributed by atoms with van der Waals surface area (Å²) in [5.74, 6) is -0.0461. The number of amides is 2. The first-order valence-corrected chi connectivity index (χ1v) is 9.33. The first-order valence-electron chi connectivity index (χ1n) is 6.36. The second kappa shape index (κ2) is 7.97. The number of carbonyl (C=O) groups excluding carboxylic acids is 2. The van der Waals surface area contributed by atoms with Gasteiger partial charge in [0.05, 0.1) is 12.0 Å². The topological polar surface area (TPSA) is 66.8 Å². The zero-order valence-electron chi connectivity index (χ0n) is 11.6. The first kappa shape index (κ1) is 18.0. The monoisotopic (exact) mass is 545 g/mol. The standard InChI is InChI=1S/C14H13I2NO4S/c1-21-4-2-3-17-13(19)11(22-14(17)20)7-8-5-9(15)12(18)10(16)6-8/h5-7,18H,2-4H2,1H3/b11-7+. The SMILES string of the molecule is COCCCN1C(=O)S/C(=C/c2cc(I)c(O)c(I)c2)C1=O. The first-order chi connectivity index (χ1) is 10.4. The molecular weight excluding hydrogens is 532 g/mol. The number of aromatic hydroxyl groups is 1. The van der Waals surface area contributed by atoms with Crippen molar-refractivity contribution in [2.24, 2.45) is 0 Å². The van der Waals surface area contributed by atoms with Crippen molar-refractivity contribution in [1.29, 1.82) is 0 Å². The number of ether oxygens (including phenoxy) is 1. The fourth-order valence-electron chi connectivity index (χ4n) is 1.88. The molecule has 0 saturated carbocycles. The molecule has 1 N–H and O–H groups in total. The summed E-state index contributed by atoms with van der Waals surface area (Å²) in [6.45, 7) is 0.871. The number of methoxy groups -OCH3 is 1. The molecule has 0 aliphatic carbocycles. The fraction of sp³-hybridized carbons (Fsp3) is 0.286. The van der Waals surface area contributed by atoms with E-state index in [1.54, 1.807) is 25.3 Å². The number of hydrogen-bond donors (Lipinski definition) is 1. The highest BCUT2D eigenvalue weighted by molar-refractivity contribution is 14.1. The van der Waals surface area contributed by atoms with Crippen LogP contribution >= 0.6 is 56.9 Å². The number of hydrogen-bond acceptors (Lipinski definition) is 5. The van der Waals surface area contributed by atoms with Gasteiger partial charge in [-0.2, -0.15) is 0 Å². The lowest BCUT2D eigenvalue weighted by molar-refractivity contribution is -0.122. The van der Waals surface area contributed by atoms with Crippen LogP contribution in [0, 0.1) is 7.14 Å². The van der Waals surface area contributed by atoms with Gasteiger partial charge in [-0.05, 0) is 87.1 Å². The maximum atomic E-state index is 12.3. The number of phenolic OH excluding ortho intramolecular Hbond substituents is 1. The summed E-state index contributed by atoms with van der Waals surface area (Å²) in [7, 11) is 1.59. The van der Waals surface area contributed by atoms with Crippen molar-refractivity contribution in [3.63, 3.8) is 0 Å². The van der Waals surface area contributed by atoms with E-state index in [9.17, 15) is 14.7 Å². The summed E-state index contributed by atoms with van der Waals surface area (Å²) >= 11 is 5.00. The van der Waals surface area contributed by atoms with E-state index in [0.717, 1.165) is 17.3 Å². The summed E-state index contributed by atoms with van der Waals surface area (Å²) in [6.07, 6.45) is 2.31. The van der Waals surface area contributed by atoms with E-state index in [-0.39, 0.29) is 16.9 Å². The van der Waals surface area contributed by atoms with Crippen molar-refractivity contribution >= 4 is 74.2 Å². The number of rotatable bonds is 5. The van der Waals surface area contributed by atoms with Crippen molar-refractivity contribution in [2.45, 2.75) is 6.42 Å². The third-order valence-corrected chi connectivity index (χ3v) is 5.49. The third-order valence-electron chi connectivity index (χ3n) is 2.94. The van der Waals surface area contributed by atoms with Crippen LogP contribution < -0.4 is 0 Å². The van der Waals surface area contributed by atoms with Crippen molar-refractivity contribution in [2.75, 3.05) is 20.3 Å². The van der Waals surface area contributed by atoms with Gasteiger partial charge in [-0.3, -0.25) is 14.5 Å². The molecular formula is C14H13I2NO4S. The lowest BCUT2D eigenvalue weighted by Crippen LogP contribution is -2.29. The summed E-state index contributed by atoms with van der Waals surface area (Å²) in [4.78, 5) is 25.8. The highest BCUT2D eigenvalue weighted by Crippen LogP contribution is 2.34. The Morgan fingerprint density at radius 1 is 1.32 bits per heavy atom. The van der Waals surface area contributed by atoms with E-state index in [2.05, 4.69) is 0 Å². The number of imide groups is 1. The van der Waals surface area contributed by atoms with Gasteiger partial charge in [-0.15, -0.1) is 0 Å². The highest BCUT2D eigenvalue weighted by atomic mass is 127. The van der Waals surface area contributed by atoms with Crippen molar-refractivity contribution < 1.29 is 19.4 Å². The summed E-state index contributed by atoms with van der Waals surface area (Å²) in [5, 5.41) is 9.51. The predicted molar refractivity (Wildman–Crippen MR) is 103 cm³/mol. The quantitative estimate of drug-likeness (QED) is 0.348. The average molecular weight is 545 g/mol. The molecule has 22 heavy (non-hydrogen) atoms. The van der Waals surface area contributed by atoms with E-state index in [1.165, 1.54) is 4.90 Å². The van der Waals surface area contributed by atoms with Crippen LogP contribution in [0.15, 0.2) is 17.0 Å². The van der Waals surface area contributed by atoms with E-state index in [1.807, 2.05) is 45.2 Å². The summed E-state index contributed by atoms with van der Waals surface area (Å²) in [6, 6.07) is 3.55. The van der Waals surface area contributed by atoms with Gasteiger partial charge in [0.15, 0.2) is 0 Å². The molecule has 1 fully saturated rings. The Morgan fingerprint density at radius 2 is 1.95 bits per heavy atom. The lowest BCUT2D eigenvalue weighted by atomic mass is 10.2. The van der Waals surface area contributed by atoms with Crippen LogP contribution in [0.1, 0.15) is 12.0 Å². The molecule has 8 heteroatoms. The Bertz CT molecular complexity index is 625. The number of nitrogens with zero attached hydrogens (tertiary/aromatic N) is 1. The highest BCUT2D eigenvalue weighted by Gasteiger charge is 2.34. The molecule has 1 saturated heterocycles. The molecule has 0 unspecified atom stereocenters. The Hall–Kier alpha value is -0.330. The van der Waals surface area contributed by atoms with Crippen LogP contribution in [-0.4, -0.2) is 41.4 Å². The number of thioether (sulfide) groups is 1. The zero-order valence-corrected chi connectivity index (χ0v) is 16.8. The summed E-state index contributed by atoms with van der Waals surface area (Å²) in [5.41, 5.74) is 0.786. The van der Waals surface area contributed by atoms with Crippen LogP contribution in [0.25, 0.3) is 6.08 Å². The van der Waals surface area contributed by atoms with Crippen LogP contribution in [0.4, 0.5) is 4.79 Å². The second-order valence-corrected chi connectivity index (χ2v) is 7.83. The Balaban J connectivity index is 2.19. The fourth-order valence-corrected chi connectivity index (χ4v) is 4.56. The van der Waals surface area contributed by atoms with Crippen molar-refractivity contribution in [3.8, 4) is 5.75 Å². The number of halogens is 2. The maximum Gasteiger partial charge on any atom is 0.293 e. The normalized spacial score (nSPS) is 16.9. The van der Waals surface area contributed by atoms with Crippen LogP contribution in [0.5, 0.6) is 5.75 Å². The number of phenols is 1. The molecule has 0 spiro atoms. The van der Waals surface area contributed by atoms with Gasteiger partial charge in [-0.25, -0.2) is 0 Å². The number of benzene rings is 1. The van der Waals surface area contributed by atoms with Gasteiger partial charge in [-0.1, -0.05) is 0 Å². The molecule has 1 aromatic carbocycles. The molecule has 1 aliphatic rings. The Kier molecular flexibility index (Phi) is 6.53. The molecule has 1 aliphatic heterocycles. The molecule has 5 nitrogen and oxygen atoms in total. The van der Waals surface area contributed by atoms with E-state index >= 15 is 0 Å². The lowest BCUT2D eigenvalue weighted by Gasteiger charge is -2.11. The Labute approximate surface area is 159 Å². The molecule has 2 rings (SSSR count). The van der Waals surface area contributed by atoms with Crippen molar-refractivity contribution in [1.82, 2.24) is 4.90 Å². The van der Waals surface area contributed by atoms with Crippen LogP contribution in [0.3, 0.4) is 0 Å². The average Bonchev–Trinajstić information content (AvgIpc) is 2.72. The molecule has 2 amide bonds. The molecule has 1 aromatic rings. The van der Waals surface area contributed by atoms with E-state index < -0.39 is 0 Å². The molecule has 0 aromatic heterocycles. The summed E-state index contributed by atoms with van der Waals surface area (Å²) < 4.78 is 6.34. The van der Waals surface area contributed by atoms with E-state index in [4.69, 9.17) is 4.74 Å². The second-order valence-electron chi connectivity index (χ2n) is 4.51. The Morgan fingerprint density at radius 3 is 2.55 bits per heavy atom. The van der Waals surface area contributed by atoms with Gasteiger partial charge in [0, 0.05) is 20.3 Å². The smallest absolute Gasteiger partial charge is 0.293 e. The van der Waals surface area contributed by atoms with Gasteiger partial charge < -0.3 is 9.84 Å². The van der Waals surface area contributed by atoms with E-state index in [0.29, 0.717) is 31.6 Å². The maximum absolute atomic E-state index is 12.3. The van der Waals surface area contributed by atoms with Gasteiger partial charge in [0.1, 0.15) is 5.75 Å². The minimum absolute atomic E-state index is 0.228.